The van der Waals surface area contributed by atoms with E-state index in [-0.39, 0.29) is 12.6 Å². The Bertz CT molecular complexity index is 1010. The summed E-state index contributed by atoms with van der Waals surface area (Å²) in [5.74, 6) is 2.52. The Morgan fingerprint density at radius 3 is 2.64 bits per heavy atom. The van der Waals surface area contributed by atoms with Crippen molar-refractivity contribution in [3.63, 3.8) is 0 Å². The molecule has 144 valence electrons. The maximum absolute atomic E-state index is 12.7. The number of hydrogen-bond acceptors (Lipinski definition) is 5. The molecule has 5 nitrogen and oxygen atoms in total. The third-order valence-electron chi connectivity index (χ3n) is 5.00. The van der Waals surface area contributed by atoms with Gasteiger partial charge in [-0.1, -0.05) is 24.3 Å². The van der Waals surface area contributed by atoms with Crippen molar-refractivity contribution in [3.8, 4) is 17.2 Å². The molecule has 28 heavy (non-hydrogen) atoms. The van der Waals surface area contributed by atoms with Crippen LogP contribution < -0.4 is 14.2 Å². The minimum atomic E-state index is 0.117. The van der Waals surface area contributed by atoms with Crippen molar-refractivity contribution < 1.29 is 19.0 Å². The summed E-state index contributed by atoms with van der Waals surface area (Å²) in [6.45, 7) is 1.45. The molecule has 0 atom stereocenters. The maximum atomic E-state index is 12.7. The molecule has 1 heterocycles. The van der Waals surface area contributed by atoms with E-state index >= 15 is 0 Å². The number of ketones is 1. The summed E-state index contributed by atoms with van der Waals surface area (Å²) in [5, 5.41) is 2.10. The second-order valence-electron chi connectivity index (χ2n) is 7.03. The fourth-order valence-electron chi connectivity index (χ4n) is 3.36. The highest BCUT2D eigenvalue weighted by molar-refractivity contribution is 6.01. The van der Waals surface area contributed by atoms with Gasteiger partial charge in [-0.3, -0.25) is 9.69 Å². The molecule has 0 saturated carbocycles. The van der Waals surface area contributed by atoms with Gasteiger partial charge in [-0.25, -0.2) is 0 Å². The quantitative estimate of drug-likeness (QED) is 0.584. The summed E-state index contributed by atoms with van der Waals surface area (Å²) >= 11 is 0. The lowest BCUT2D eigenvalue weighted by Crippen LogP contribution is -2.28. The first-order chi connectivity index (χ1) is 13.6. The van der Waals surface area contributed by atoms with Gasteiger partial charge < -0.3 is 14.2 Å². The highest BCUT2D eigenvalue weighted by atomic mass is 16.7. The largest absolute Gasteiger partial charge is 0.497 e. The molecule has 5 heteroatoms. The van der Waals surface area contributed by atoms with Crippen molar-refractivity contribution in [2.24, 2.45) is 0 Å². The Morgan fingerprint density at radius 2 is 1.79 bits per heavy atom. The SMILES string of the molecule is COc1ccc2cc(C(=O)CN(C)CCc3ccc4c(c3)OCO4)ccc2c1. The number of fused-ring (bicyclic) bond motifs is 2. The fraction of sp³-hybridized carbons (Fsp3) is 0.261. The van der Waals surface area contributed by atoms with Gasteiger partial charge in [0.15, 0.2) is 17.3 Å². The van der Waals surface area contributed by atoms with Crippen LogP contribution in [0.4, 0.5) is 0 Å². The average Bonchev–Trinajstić information content (AvgIpc) is 3.19. The lowest BCUT2D eigenvalue weighted by molar-refractivity contribution is 0.0947. The highest BCUT2D eigenvalue weighted by Crippen LogP contribution is 2.32. The predicted molar refractivity (Wildman–Crippen MR) is 109 cm³/mol. The normalized spacial score (nSPS) is 12.5. The van der Waals surface area contributed by atoms with Crippen LogP contribution >= 0.6 is 0 Å². The molecule has 0 spiro atoms. The number of hydrogen-bond donors (Lipinski definition) is 0. The number of ether oxygens (including phenoxy) is 3. The number of methoxy groups -OCH3 is 1. The van der Waals surface area contributed by atoms with E-state index in [4.69, 9.17) is 14.2 Å². The summed E-state index contributed by atoms with van der Waals surface area (Å²) in [4.78, 5) is 14.7. The molecule has 3 aromatic rings. The number of Topliss-reactive ketones (excluding diaryl/α,β-unsaturated/α-hetero) is 1. The van der Waals surface area contributed by atoms with Gasteiger partial charge in [-0.15, -0.1) is 0 Å². The van der Waals surface area contributed by atoms with E-state index in [0.29, 0.717) is 6.54 Å². The molecule has 3 aromatic carbocycles. The van der Waals surface area contributed by atoms with Crippen LogP contribution in [0.2, 0.25) is 0 Å². The fourth-order valence-corrected chi connectivity index (χ4v) is 3.36. The lowest BCUT2D eigenvalue weighted by atomic mass is 10.0. The molecule has 0 saturated heterocycles. The smallest absolute Gasteiger partial charge is 0.231 e. The molecule has 1 aliphatic heterocycles. The van der Waals surface area contributed by atoms with Crippen LogP contribution in [0.1, 0.15) is 15.9 Å². The van der Waals surface area contributed by atoms with Crippen molar-refractivity contribution in [2.45, 2.75) is 6.42 Å². The van der Waals surface area contributed by atoms with Gasteiger partial charge in [0.1, 0.15) is 5.75 Å². The standard InChI is InChI=1S/C23H23NO4/c1-24(10-9-16-3-8-22-23(11-16)28-15-27-22)14-21(25)19-5-4-18-13-20(26-2)7-6-17(18)12-19/h3-8,11-13H,9-10,14-15H2,1-2H3. The molecule has 1 aliphatic rings. The van der Waals surface area contributed by atoms with Crippen LogP contribution in [-0.2, 0) is 6.42 Å². The van der Waals surface area contributed by atoms with Crippen molar-refractivity contribution in [1.29, 1.82) is 0 Å². The van der Waals surface area contributed by atoms with E-state index < -0.39 is 0 Å². The molecule has 4 rings (SSSR count). The van der Waals surface area contributed by atoms with E-state index in [9.17, 15) is 4.79 Å². The van der Waals surface area contributed by atoms with Crippen molar-refractivity contribution in [1.82, 2.24) is 4.90 Å². The molecule has 0 amide bonds. The molecular weight excluding hydrogens is 354 g/mol. The predicted octanol–water partition coefficient (Wildman–Crippen LogP) is 3.93. The number of carbonyl (C=O) groups excluding carboxylic acids is 1. The zero-order valence-electron chi connectivity index (χ0n) is 16.1. The second-order valence-corrected chi connectivity index (χ2v) is 7.03. The van der Waals surface area contributed by atoms with Crippen LogP contribution in [0.5, 0.6) is 17.2 Å². The molecular formula is C23H23NO4. The van der Waals surface area contributed by atoms with Gasteiger partial charge in [-0.2, -0.15) is 0 Å². The number of rotatable bonds is 7. The topological polar surface area (TPSA) is 48.0 Å². The van der Waals surface area contributed by atoms with E-state index in [0.717, 1.165) is 46.6 Å². The van der Waals surface area contributed by atoms with Gasteiger partial charge >= 0.3 is 0 Å². The molecule has 0 radical (unpaired) electrons. The van der Waals surface area contributed by atoms with Gasteiger partial charge in [0.2, 0.25) is 6.79 Å². The first kappa shape index (κ1) is 18.3. The molecule has 0 N–H and O–H groups in total. The van der Waals surface area contributed by atoms with Gasteiger partial charge in [0, 0.05) is 12.1 Å². The summed E-state index contributed by atoms with van der Waals surface area (Å²) in [6, 6.07) is 17.7. The maximum Gasteiger partial charge on any atom is 0.231 e. The van der Waals surface area contributed by atoms with Crippen molar-refractivity contribution >= 4 is 16.6 Å². The van der Waals surface area contributed by atoms with Crippen LogP contribution in [0.15, 0.2) is 54.6 Å². The minimum absolute atomic E-state index is 0.117. The van der Waals surface area contributed by atoms with Crippen LogP contribution in [-0.4, -0.2) is 44.7 Å². The Hall–Kier alpha value is -3.05. The summed E-state index contributed by atoms with van der Waals surface area (Å²) in [5.41, 5.74) is 1.90. The van der Waals surface area contributed by atoms with Gasteiger partial charge in [0.25, 0.3) is 0 Å². The zero-order chi connectivity index (χ0) is 19.5. The van der Waals surface area contributed by atoms with Gasteiger partial charge in [-0.05, 0) is 60.1 Å². The summed E-state index contributed by atoms with van der Waals surface area (Å²) in [6.07, 6.45) is 0.845. The zero-order valence-corrected chi connectivity index (χ0v) is 16.1. The Morgan fingerprint density at radius 1 is 1.00 bits per heavy atom. The molecule has 0 bridgehead atoms. The van der Waals surface area contributed by atoms with Crippen molar-refractivity contribution in [2.75, 3.05) is 34.0 Å². The van der Waals surface area contributed by atoms with Crippen LogP contribution in [0.25, 0.3) is 10.8 Å². The molecule has 0 fully saturated rings. The Kier molecular flexibility index (Phi) is 5.17. The summed E-state index contributed by atoms with van der Waals surface area (Å²) < 4.78 is 16.0. The number of benzene rings is 3. The second kappa shape index (κ2) is 7.90. The van der Waals surface area contributed by atoms with E-state index in [1.807, 2.05) is 66.5 Å². The first-order valence-electron chi connectivity index (χ1n) is 9.30. The van der Waals surface area contributed by atoms with E-state index in [1.165, 1.54) is 5.56 Å². The molecule has 0 unspecified atom stereocenters. The molecule has 0 aromatic heterocycles. The number of nitrogens with zero attached hydrogens (tertiary/aromatic N) is 1. The van der Waals surface area contributed by atoms with Crippen molar-refractivity contribution in [3.05, 3.63) is 65.7 Å². The lowest BCUT2D eigenvalue weighted by Gasteiger charge is -2.16. The van der Waals surface area contributed by atoms with E-state index in [1.54, 1.807) is 7.11 Å². The van der Waals surface area contributed by atoms with Crippen LogP contribution in [0, 0.1) is 0 Å². The van der Waals surface area contributed by atoms with E-state index in [2.05, 4.69) is 0 Å². The number of likely N-dealkylation sites (N-methyl/N-ethyl adjacent to an activating group) is 1. The van der Waals surface area contributed by atoms with Crippen LogP contribution in [0.3, 0.4) is 0 Å². The monoisotopic (exact) mass is 377 g/mol. The van der Waals surface area contributed by atoms with Gasteiger partial charge in [0.05, 0.1) is 13.7 Å². The molecule has 0 aliphatic carbocycles. The third kappa shape index (κ3) is 3.94. The first-order valence-corrected chi connectivity index (χ1v) is 9.30. The Balaban J connectivity index is 1.36. The number of carbonyl (C=O) groups is 1. The highest BCUT2D eigenvalue weighted by Gasteiger charge is 2.14. The average molecular weight is 377 g/mol. The Labute approximate surface area is 164 Å². The summed E-state index contributed by atoms with van der Waals surface area (Å²) in [7, 11) is 3.62. The third-order valence-corrected chi connectivity index (χ3v) is 5.00. The minimum Gasteiger partial charge on any atom is -0.497 e.